The predicted molar refractivity (Wildman–Crippen MR) is 46.1 cm³/mol. The molecule has 1 rings (SSSR count). The molecule has 6 heteroatoms. The Morgan fingerprint density at radius 1 is 1.46 bits per heavy atom. The molecular formula is C7H9NO4S. The van der Waals surface area contributed by atoms with Gasteiger partial charge in [-0.2, -0.15) is 8.42 Å². The first kappa shape index (κ1) is 9.94. The summed E-state index contributed by atoms with van der Waals surface area (Å²) in [5, 5.41) is 0. The molecule has 0 spiro atoms. The van der Waals surface area contributed by atoms with E-state index in [1.54, 1.807) is 12.2 Å². The number of carbonyl (C=O) groups excluding carboxylic acids is 1. The lowest BCUT2D eigenvalue weighted by molar-refractivity contribution is -0.115. The van der Waals surface area contributed by atoms with Gasteiger partial charge in [-0.1, -0.05) is 18.2 Å². The number of carbonyl (C=O) groups is 1. The van der Waals surface area contributed by atoms with Crippen LogP contribution in [0.1, 0.15) is 12.8 Å². The Kier molecular flexibility index (Phi) is 2.84. The van der Waals surface area contributed by atoms with Gasteiger partial charge in [-0.05, 0) is 12.8 Å². The lowest BCUT2D eigenvalue weighted by Crippen LogP contribution is -2.30. The largest absolute Gasteiger partial charge is 0.359 e. The minimum atomic E-state index is -4.45. The van der Waals surface area contributed by atoms with Crippen molar-refractivity contribution in [3.63, 3.8) is 0 Å². The van der Waals surface area contributed by atoms with Crippen molar-refractivity contribution in [2.24, 2.45) is 0 Å². The van der Waals surface area contributed by atoms with Crippen molar-refractivity contribution >= 4 is 16.2 Å². The molecule has 0 radical (unpaired) electrons. The highest BCUT2D eigenvalue weighted by Crippen LogP contribution is 2.09. The van der Waals surface area contributed by atoms with Crippen LogP contribution in [-0.2, 0) is 15.1 Å². The second-order valence-electron chi connectivity index (χ2n) is 2.55. The zero-order valence-corrected chi connectivity index (χ0v) is 7.54. The van der Waals surface area contributed by atoms with Crippen LogP contribution >= 0.6 is 0 Å². The third-order valence-corrected chi connectivity index (χ3v) is 1.92. The molecule has 0 unspecified atom stereocenters. The first-order chi connectivity index (χ1) is 5.99. The van der Waals surface area contributed by atoms with Gasteiger partial charge in [0.1, 0.15) is 0 Å². The Hall–Kier alpha value is -1.14. The van der Waals surface area contributed by atoms with E-state index < -0.39 is 16.2 Å². The van der Waals surface area contributed by atoms with Crippen LogP contribution in [0.25, 0.3) is 0 Å². The van der Waals surface area contributed by atoms with Gasteiger partial charge in [0, 0.05) is 5.57 Å². The third-order valence-electron chi connectivity index (χ3n) is 1.48. The highest BCUT2D eigenvalue weighted by Gasteiger charge is 2.13. The average molecular weight is 203 g/mol. The smallest absolute Gasteiger partial charge is 0.269 e. The zero-order chi connectivity index (χ0) is 9.90. The summed E-state index contributed by atoms with van der Waals surface area (Å²) in [6.07, 6.45) is 6.43. The number of amides is 1. The molecule has 0 heterocycles. The zero-order valence-electron chi connectivity index (χ0n) is 6.73. The van der Waals surface area contributed by atoms with Gasteiger partial charge in [-0.15, -0.1) is 0 Å². The molecule has 0 aliphatic heterocycles. The van der Waals surface area contributed by atoms with Crippen LogP contribution in [0.3, 0.4) is 0 Å². The van der Waals surface area contributed by atoms with E-state index in [4.69, 9.17) is 4.55 Å². The summed E-state index contributed by atoms with van der Waals surface area (Å²) in [5.41, 5.74) is 0.254. The van der Waals surface area contributed by atoms with Crippen molar-refractivity contribution in [3.8, 4) is 0 Å². The van der Waals surface area contributed by atoms with E-state index in [-0.39, 0.29) is 5.57 Å². The first-order valence-electron chi connectivity index (χ1n) is 3.65. The Morgan fingerprint density at radius 2 is 2.15 bits per heavy atom. The van der Waals surface area contributed by atoms with Crippen LogP contribution in [-0.4, -0.2) is 18.9 Å². The highest BCUT2D eigenvalue weighted by atomic mass is 32.2. The molecule has 0 aromatic rings. The summed E-state index contributed by atoms with van der Waals surface area (Å²) in [5.74, 6) is -0.807. The predicted octanol–water partition coefficient (Wildman–Crippen LogP) is 0.182. The minimum Gasteiger partial charge on any atom is -0.269 e. The van der Waals surface area contributed by atoms with E-state index in [1.807, 2.05) is 0 Å². The van der Waals surface area contributed by atoms with Gasteiger partial charge in [-0.25, -0.2) is 4.72 Å². The maximum atomic E-state index is 11.0. The number of hydrogen-bond acceptors (Lipinski definition) is 3. The summed E-state index contributed by atoms with van der Waals surface area (Å²) in [7, 11) is -4.45. The van der Waals surface area contributed by atoms with Crippen molar-refractivity contribution in [1.82, 2.24) is 4.72 Å². The van der Waals surface area contributed by atoms with Crippen LogP contribution in [0, 0.1) is 0 Å². The minimum absolute atomic E-state index is 0.254. The molecule has 5 nitrogen and oxygen atoms in total. The molecule has 0 aromatic heterocycles. The molecule has 1 amide bonds. The molecule has 0 saturated heterocycles. The Morgan fingerprint density at radius 3 is 2.62 bits per heavy atom. The molecule has 0 bridgehead atoms. The Labute approximate surface area is 76.0 Å². The maximum Gasteiger partial charge on any atom is 0.359 e. The fourth-order valence-corrected chi connectivity index (χ4v) is 1.31. The molecule has 1 aliphatic carbocycles. The summed E-state index contributed by atoms with van der Waals surface area (Å²) < 4.78 is 30.3. The topological polar surface area (TPSA) is 83.5 Å². The number of hydrogen-bond donors (Lipinski definition) is 2. The molecule has 0 fully saturated rings. The normalized spacial score (nSPS) is 16.5. The molecule has 0 saturated carbocycles. The van der Waals surface area contributed by atoms with Gasteiger partial charge in [-0.3, -0.25) is 9.35 Å². The molecule has 13 heavy (non-hydrogen) atoms. The van der Waals surface area contributed by atoms with E-state index >= 15 is 0 Å². The van der Waals surface area contributed by atoms with Crippen LogP contribution in [0.15, 0.2) is 23.8 Å². The third kappa shape index (κ3) is 3.39. The molecule has 0 atom stereocenters. The highest BCUT2D eigenvalue weighted by molar-refractivity contribution is 7.84. The summed E-state index contributed by atoms with van der Waals surface area (Å²) >= 11 is 0. The van der Waals surface area contributed by atoms with Gasteiger partial charge in [0.15, 0.2) is 0 Å². The number of rotatable bonds is 2. The standard InChI is InChI=1S/C7H9NO4S/c9-7(8-13(10,11)12)6-4-2-1-3-5-6/h2,4-5H,1,3H2,(H,8,9)(H,10,11,12). The summed E-state index contributed by atoms with van der Waals surface area (Å²) in [6.45, 7) is 0. The van der Waals surface area contributed by atoms with Crippen molar-refractivity contribution in [1.29, 1.82) is 0 Å². The number of allylic oxidation sites excluding steroid dienone is 2. The molecule has 72 valence electrons. The number of nitrogens with one attached hydrogen (secondary N) is 1. The monoisotopic (exact) mass is 203 g/mol. The van der Waals surface area contributed by atoms with E-state index in [1.165, 1.54) is 10.8 Å². The maximum absolute atomic E-state index is 11.0. The van der Waals surface area contributed by atoms with E-state index in [9.17, 15) is 13.2 Å². The van der Waals surface area contributed by atoms with E-state index in [0.717, 1.165) is 6.42 Å². The molecular weight excluding hydrogens is 194 g/mol. The van der Waals surface area contributed by atoms with Gasteiger partial charge >= 0.3 is 10.3 Å². The molecule has 1 aliphatic rings. The fourth-order valence-electron chi connectivity index (χ4n) is 0.958. The van der Waals surface area contributed by atoms with E-state index in [2.05, 4.69) is 0 Å². The summed E-state index contributed by atoms with van der Waals surface area (Å²) in [6, 6.07) is 0. The lowest BCUT2D eigenvalue weighted by atomic mass is 10.1. The first-order valence-corrected chi connectivity index (χ1v) is 5.09. The molecule has 0 aromatic carbocycles. The Balaban J connectivity index is 2.69. The quantitative estimate of drug-likeness (QED) is 0.627. The van der Waals surface area contributed by atoms with Crippen LogP contribution in [0.5, 0.6) is 0 Å². The van der Waals surface area contributed by atoms with Crippen molar-refractivity contribution in [2.45, 2.75) is 12.8 Å². The fraction of sp³-hybridized carbons (Fsp3) is 0.286. The van der Waals surface area contributed by atoms with Crippen LogP contribution < -0.4 is 4.72 Å². The molecule has 2 N–H and O–H groups in total. The van der Waals surface area contributed by atoms with Crippen molar-refractivity contribution < 1.29 is 17.8 Å². The summed E-state index contributed by atoms with van der Waals surface area (Å²) in [4.78, 5) is 11.0. The SMILES string of the molecule is O=C(NS(=O)(=O)O)C1=CCCC=C1. The second-order valence-corrected chi connectivity index (χ2v) is 3.70. The van der Waals surface area contributed by atoms with E-state index in [0.29, 0.717) is 6.42 Å². The second kappa shape index (κ2) is 3.71. The van der Waals surface area contributed by atoms with Crippen molar-refractivity contribution in [2.75, 3.05) is 0 Å². The van der Waals surface area contributed by atoms with Gasteiger partial charge in [0.2, 0.25) is 0 Å². The van der Waals surface area contributed by atoms with Crippen LogP contribution in [0.4, 0.5) is 0 Å². The van der Waals surface area contributed by atoms with Gasteiger partial charge < -0.3 is 0 Å². The average Bonchev–Trinajstić information content (AvgIpc) is 2.03. The lowest BCUT2D eigenvalue weighted by Gasteiger charge is -2.05. The Bertz CT molecular complexity index is 366. The van der Waals surface area contributed by atoms with Crippen molar-refractivity contribution in [3.05, 3.63) is 23.8 Å². The van der Waals surface area contributed by atoms with Gasteiger partial charge in [0.05, 0.1) is 0 Å². The van der Waals surface area contributed by atoms with Gasteiger partial charge in [0.25, 0.3) is 5.91 Å². The van der Waals surface area contributed by atoms with Crippen LogP contribution in [0.2, 0.25) is 0 Å².